The van der Waals surface area contributed by atoms with Crippen LogP contribution in [0.25, 0.3) is 0 Å². The van der Waals surface area contributed by atoms with Gasteiger partial charge in [0.25, 0.3) is 5.91 Å². The number of nitrogens with zero attached hydrogens (tertiary/aromatic N) is 1. The highest BCUT2D eigenvalue weighted by Crippen LogP contribution is 2.22. The average molecular weight is 302 g/mol. The largest absolute Gasteiger partial charge is 0.352 e. The minimum atomic E-state index is -0.0753. The summed E-state index contributed by atoms with van der Waals surface area (Å²) in [6, 6.07) is 9.57. The highest BCUT2D eigenvalue weighted by molar-refractivity contribution is 5.94. The van der Waals surface area contributed by atoms with Crippen molar-refractivity contribution in [2.75, 3.05) is 13.6 Å². The normalized spacial score (nSPS) is 15.3. The van der Waals surface area contributed by atoms with Crippen LogP contribution in [0.2, 0.25) is 0 Å². The van der Waals surface area contributed by atoms with Crippen molar-refractivity contribution in [3.05, 3.63) is 35.9 Å². The third-order valence-electron chi connectivity index (χ3n) is 4.40. The SMILES string of the molecule is CN(C(=O)CCCNC(=O)c1ccccc1)C1CCCCC1. The predicted molar refractivity (Wildman–Crippen MR) is 87.7 cm³/mol. The van der Waals surface area contributed by atoms with E-state index in [2.05, 4.69) is 5.32 Å². The summed E-state index contributed by atoms with van der Waals surface area (Å²) in [6.45, 7) is 0.540. The Morgan fingerprint density at radius 1 is 1.14 bits per heavy atom. The summed E-state index contributed by atoms with van der Waals surface area (Å²) in [5.41, 5.74) is 0.660. The Labute approximate surface area is 132 Å². The monoisotopic (exact) mass is 302 g/mol. The fourth-order valence-electron chi connectivity index (χ4n) is 2.98. The molecule has 2 amide bonds. The first-order valence-corrected chi connectivity index (χ1v) is 8.27. The van der Waals surface area contributed by atoms with E-state index in [0.717, 1.165) is 12.8 Å². The standard InChI is InChI=1S/C18H26N2O2/c1-20(16-11-6-3-7-12-16)17(21)13-8-14-19-18(22)15-9-4-2-5-10-15/h2,4-5,9-10,16H,3,6-8,11-14H2,1H3,(H,19,22). The van der Waals surface area contributed by atoms with Crippen LogP contribution in [0.5, 0.6) is 0 Å². The van der Waals surface area contributed by atoms with E-state index in [1.807, 2.05) is 30.1 Å². The van der Waals surface area contributed by atoms with Crippen molar-refractivity contribution in [2.45, 2.75) is 51.0 Å². The summed E-state index contributed by atoms with van der Waals surface area (Å²) in [5, 5.41) is 2.86. The number of nitrogens with one attached hydrogen (secondary N) is 1. The molecule has 0 radical (unpaired) electrons. The van der Waals surface area contributed by atoms with Crippen LogP contribution in [0, 0.1) is 0 Å². The van der Waals surface area contributed by atoms with Gasteiger partial charge in [0.2, 0.25) is 5.91 Å². The summed E-state index contributed by atoms with van der Waals surface area (Å²) >= 11 is 0. The minimum Gasteiger partial charge on any atom is -0.352 e. The lowest BCUT2D eigenvalue weighted by Crippen LogP contribution is -2.38. The van der Waals surface area contributed by atoms with Crippen LogP contribution in [0.4, 0.5) is 0 Å². The molecule has 1 aromatic rings. The number of benzene rings is 1. The number of rotatable bonds is 6. The maximum absolute atomic E-state index is 12.2. The van der Waals surface area contributed by atoms with Crippen molar-refractivity contribution >= 4 is 11.8 Å². The summed E-state index contributed by atoms with van der Waals surface area (Å²) in [4.78, 5) is 25.9. The van der Waals surface area contributed by atoms with E-state index < -0.39 is 0 Å². The smallest absolute Gasteiger partial charge is 0.251 e. The molecule has 22 heavy (non-hydrogen) atoms. The first-order valence-electron chi connectivity index (χ1n) is 8.27. The van der Waals surface area contributed by atoms with E-state index in [4.69, 9.17) is 0 Å². The van der Waals surface area contributed by atoms with Crippen LogP contribution in [0.15, 0.2) is 30.3 Å². The number of hydrogen-bond donors (Lipinski definition) is 1. The second-order valence-electron chi connectivity index (χ2n) is 6.02. The Morgan fingerprint density at radius 2 is 1.82 bits per heavy atom. The minimum absolute atomic E-state index is 0.0753. The van der Waals surface area contributed by atoms with Crippen molar-refractivity contribution in [3.63, 3.8) is 0 Å². The Hall–Kier alpha value is -1.84. The summed E-state index contributed by atoms with van der Waals surface area (Å²) in [5.74, 6) is 0.120. The van der Waals surface area contributed by atoms with Crippen LogP contribution < -0.4 is 5.32 Å². The molecule has 1 saturated carbocycles. The molecular formula is C18H26N2O2. The van der Waals surface area contributed by atoms with Crippen molar-refractivity contribution < 1.29 is 9.59 Å². The quantitative estimate of drug-likeness (QED) is 0.821. The lowest BCUT2D eigenvalue weighted by Gasteiger charge is -2.31. The number of carbonyl (C=O) groups excluding carboxylic acids is 2. The molecule has 120 valence electrons. The van der Waals surface area contributed by atoms with Gasteiger partial charge in [-0.1, -0.05) is 37.5 Å². The highest BCUT2D eigenvalue weighted by atomic mass is 16.2. The first-order chi connectivity index (χ1) is 10.7. The number of amides is 2. The Bertz CT molecular complexity index is 481. The second-order valence-corrected chi connectivity index (χ2v) is 6.02. The number of carbonyl (C=O) groups is 2. The fourth-order valence-corrected chi connectivity index (χ4v) is 2.98. The van der Waals surface area contributed by atoms with Gasteiger partial charge in [-0.15, -0.1) is 0 Å². The molecule has 1 fully saturated rings. The van der Waals surface area contributed by atoms with Gasteiger partial charge in [0.05, 0.1) is 0 Å². The molecule has 0 unspecified atom stereocenters. The van der Waals surface area contributed by atoms with Gasteiger partial charge >= 0.3 is 0 Å². The first kappa shape index (κ1) is 16.5. The molecule has 2 rings (SSSR count). The maximum atomic E-state index is 12.2. The molecule has 1 aliphatic rings. The molecule has 0 aliphatic heterocycles. The highest BCUT2D eigenvalue weighted by Gasteiger charge is 2.21. The maximum Gasteiger partial charge on any atom is 0.251 e. The molecule has 1 N–H and O–H groups in total. The van der Waals surface area contributed by atoms with Gasteiger partial charge in [0.1, 0.15) is 0 Å². The summed E-state index contributed by atoms with van der Waals surface area (Å²) in [6.07, 6.45) is 7.21. The van der Waals surface area contributed by atoms with Crippen molar-refractivity contribution in [2.24, 2.45) is 0 Å². The zero-order chi connectivity index (χ0) is 15.8. The van der Waals surface area contributed by atoms with Gasteiger partial charge in [-0.3, -0.25) is 9.59 Å². The molecule has 4 heteroatoms. The van der Waals surface area contributed by atoms with E-state index in [0.29, 0.717) is 31.0 Å². The molecule has 0 atom stereocenters. The van der Waals surface area contributed by atoms with E-state index in [1.165, 1.54) is 19.3 Å². The Balaban J connectivity index is 1.65. The van der Waals surface area contributed by atoms with Gasteiger partial charge in [-0.05, 0) is 31.4 Å². The molecule has 0 heterocycles. The predicted octanol–water partition coefficient (Wildman–Crippen LogP) is 2.99. The van der Waals surface area contributed by atoms with Gasteiger partial charge in [-0.2, -0.15) is 0 Å². The average Bonchev–Trinajstić information content (AvgIpc) is 2.59. The lowest BCUT2D eigenvalue weighted by molar-refractivity contribution is -0.132. The molecule has 0 saturated heterocycles. The van der Waals surface area contributed by atoms with Crippen LogP contribution >= 0.6 is 0 Å². The van der Waals surface area contributed by atoms with Crippen molar-refractivity contribution in [1.82, 2.24) is 10.2 Å². The zero-order valence-corrected chi connectivity index (χ0v) is 13.4. The van der Waals surface area contributed by atoms with E-state index in [-0.39, 0.29) is 11.8 Å². The van der Waals surface area contributed by atoms with Gasteiger partial charge in [0, 0.05) is 31.6 Å². The third-order valence-corrected chi connectivity index (χ3v) is 4.40. The Morgan fingerprint density at radius 3 is 2.50 bits per heavy atom. The summed E-state index contributed by atoms with van der Waals surface area (Å²) in [7, 11) is 1.92. The zero-order valence-electron chi connectivity index (χ0n) is 13.4. The van der Waals surface area contributed by atoms with Crippen LogP contribution in [0.3, 0.4) is 0 Å². The topological polar surface area (TPSA) is 49.4 Å². The summed E-state index contributed by atoms with van der Waals surface area (Å²) < 4.78 is 0. The third kappa shape index (κ3) is 4.86. The Kier molecular flexibility index (Phi) is 6.44. The van der Waals surface area contributed by atoms with Crippen molar-refractivity contribution in [1.29, 1.82) is 0 Å². The molecule has 1 aromatic carbocycles. The molecule has 0 aromatic heterocycles. The lowest BCUT2D eigenvalue weighted by atomic mass is 9.94. The van der Waals surface area contributed by atoms with E-state index >= 15 is 0 Å². The molecule has 4 nitrogen and oxygen atoms in total. The van der Waals surface area contributed by atoms with Crippen LogP contribution in [0.1, 0.15) is 55.3 Å². The van der Waals surface area contributed by atoms with E-state index in [1.54, 1.807) is 12.1 Å². The van der Waals surface area contributed by atoms with Crippen LogP contribution in [-0.4, -0.2) is 36.3 Å². The fraction of sp³-hybridized carbons (Fsp3) is 0.556. The van der Waals surface area contributed by atoms with Crippen LogP contribution in [-0.2, 0) is 4.79 Å². The second kappa shape index (κ2) is 8.57. The van der Waals surface area contributed by atoms with Gasteiger partial charge in [0.15, 0.2) is 0 Å². The molecule has 1 aliphatic carbocycles. The van der Waals surface area contributed by atoms with Gasteiger partial charge in [-0.25, -0.2) is 0 Å². The molecular weight excluding hydrogens is 276 g/mol. The number of hydrogen-bond acceptors (Lipinski definition) is 2. The van der Waals surface area contributed by atoms with Crippen molar-refractivity contribution in [3.8, 4) is 0 Å². The van der Waals surface area contributed by atoms with Gasteiger partial charge < -0.3 is 10.2 Å². The molecule has 0 spiro atoms. The molecule has 0 bridgehead atoms. The van der Waals surface area contributed by atoms with E-state index in [9.17, 15) is 9.59 Å².